The topological polar surface area (TPSA) is 24.5 Å². The maximum Gasteiger partial charge on any atom is 0.169 e. The smallest absolute Gasteiger partial charge is 0.169 e. The van der Waals surface area contributed by atoms with Crippen LogP contribution in [0.25, 0.3) is 0 Å². The van der Waals surface area contributed by atoms with Crippen LogP contribution in [0, 0.1) is 0 Å². The fraction of sp³-hybridized carbons (Fsp3) is 0.417. The van der Waals surface area contributed by atoms with E-state index >= 15 is 0 Å². The minimum Gasteiger partial charge on any atom is -0.383 e. The Morgan fingerprint density at radius 2 is 2.19 bits per heavy atom. The number of benzene rings is 1. The Morgan fingerprint density at radius 1 is 1.44 bits per heavy atom. The summed E-state index contributed by atoms with van der Waals surface area (Å²) in [5.74, 6) is 0. The molecule has 2 rings (SSSR count). The number of thiocarbonyl (C=S) groups is 1. The number of hydrogen-bond donors (Lipinski definition) is 1. The van der Waals surface area contributed by atoms with Gasteiger partial charge in [0.15, 0.2) is 5.11 Å². The summed E-state index contributed by atoms with van der Waals surface area (Å²) in [5, 5.41) is 4.16. The molecule has 0 amide bonds. The van der Waals surface area contributed by atoms with Crippen molar-refractivity contribution in [2.24, 2.45) is 0 Å². The van der Waals surface area contributed by atoms with Crippen molar-refractivity contribution in [3.63, 3.8) is 0 Å². The predicted molar refractivity (Wildman–Crippen MR) is 68.4 cm³/mol. The zero-order chi connectivity index (χ0) is 11.4. The molecule has 86 valence electrons. The lowest BCUT2D eigenvalue weighted by molar-refractivity contribution is 0.179. The van der Waals surface area contributed by atoms with Gasteiger partial charge in [-0.1, -0.05) is 30.3 Å². The molecule has 3 nitrogen and oxygen atoms in total. The average Bonchev–Trinajstić information content (AvgIpc) is 2.69. The normalized spacial score (nSPS) is 19.9. The van der Waals surface area contributed by atoms with Gasteiger partial charge in [-0.15, -0.1) is 0 Å². The summed E-state index contributed by atoms with van der Waals surface area (Å²) in [5.41, 5.74) is 1.28. The van der Waals surface area contributed by atoms with E-state index in [1.165, 1.54) is 5.56 Å². The van der Waals surface area contributed by atoms with Crippen molar-refractivity contribution < 1.29 is 4.74 Å². The van der Waals surface area contributed by atoms with Gasteiger partial charge in [-0.25, -0.2) is 0 Å². The second-order valence-electron chi connectivity index (χ2n) is 3.85. The molecular formula is C12H16N2OS. The molecule has 1 heterocycles. The van der Waals surface area contributed by atoms with Crippen LogP contribution in [0.1, 0.15) is 11.6 Å². The van der Waals surface area contributed by atoms with Crippen LogP contribution in [0.3, 0.4) is 0 Å². The van der Waals surface area contributed by atoms with Crippen molar-refractivity contribution in [2.45, 2.75) is 6.04 Å². The highest BCUT2D eigenvalue weighted by atomic mass is 32.1. The van der Waals surface area contributed by atoms with Gasteiger partial charge in [-0.2, -0.15) is 0 Å². The lowest BCUT2D eigenvalue weighted by Crippen LogP contribution is -2.30. The lowest BCUT2D eigenvalue weighted by Gasteiger charge is -2.15. The third-order valence-electron chi connectivity index (χ3n) is 2.76. The van der Waals surface area contributed by atoms with Gasteiger partial charge in [-0.3, -0.25) is 0 Å². The van der Waals surface area contributed by atoms with Crippen LogP contribution in [-0.2, 0) is 4.74 Å². The molecule has 0 aliphatic carbocycles. The third kappa shape index (κ3) is 2.51. The molecule has 1 saturated heterocycles. The highest BCUT2D eigenvalue weighted by Crippen LogP contribution is 2.19. The first-order valence-electron chi connectivity index (χ1n) is 5.40. The molecule has 0 spiro atoms. The Kier molecular flexibility index (Phi) is 3.74. The van der Waals surface area contributed by atoms with E-state index in [-0.39, 0.29) is 0 Å². The summed E-state index contributed by atoms with van der Waals surface area (Å²) in [7, 11) is 1.71. The van der Waals surface area contributed by atoms with Gasteiger partial charge >= 0.3 is 0 Å². The molecule has 1 atom stereocenters. The first-order chi connectivity index (χ1) is 7.81. The van der Waals surface area contributed by atoms with Crippen LogP contribution < -0.4 is 5.32 Å². The monoisotopic (exact) mass is 236 g/mol. The maximum absolute atomic E-state index is 5.29. The van der Waals surface area contributed by atoms with Gasteiger partial charge in [-0.05, 0) is 17.8 Å². The fourth-order valence-electron chi connectivity index (χ4n) is 1.86. The number of methoxy groups -OCH3 is 1. The summed E-state index contributed by atoms with van der Waals surface area (Å²) in [6, 6.07) is 10.7. The summed E-state index contributed by atoms with van der Waals surface area (Å²) in [4.78, 5) is 2.15. The van der Waals surface area contributed by atoms with Crippen molar-refractivity contribution in [2.75, 3.05) is 26.8 Å². The van der Waals surface area contributed by atoms with Gasteiger partial charge in [0.25, 0.3) is 0 Å². The number of nitrogens with zero attached hydrogens (tertiary/aromatic N) is 1. The van der Waals surface area contributed by atoms with Gasteiger partial charge in [0.1, 0.15) is 0 Å². The zero-order valence-electron chi connectivity index (χ0n) is 9.35. The van der Waals surface area contributed by atoms with Crippen LogP contribution in [0.5, 0.6) is 0 Å². The molecule has 0 bridgehead atoms. The molecule has 4 heteroatoms. The Morgan fingerprint density at radius 3 is 2.88 bits per heavy atom. The Bertz CT molecular complexity index is 355. The van der Waals surface area contributed by atoms with Crippen LogP contribution in [0.15, 0.2) is 30.3 Å². The first kappa shape index (κ1) is 11.4. The maximum atomic E-state index is 5.29. The third-order valence-corrected chi connectivity index (χ3v) is 3.13. The van der Waals surface area contributed by atoms with E-state index in [0.29, 0.717) is 12.6 Å². The van der Waals surface area contributed by atoms with Gasteiger partial charge in [0.2, 0.25) is 0 Å². The molecule has 0 radical (unpaired) electrons. The quantitative estimate of drug-likeness (QED) is 0.802. The number of ether oxygens (including phenoxy) is 1. The van der Waals surface area contributed by atoms with E-state index < -0.39 is 0 Å². The molecule has 1 unspecified atom stereocenters. The zero-order valence-corrected chi connectivity index (χ0v) is 10.2. The molecule has 16 heavy (non-hydrogen) atoms. The summed E-state index contributed by atoms with van der Waals surface area (Å²) in [6.07, 6.45) is 0. The molecular weight excluding hydrogens is 220 g/mol. The minimum atomic E-state index is 0.311. The second kappa shape index (κ2) is 5.27. The van der Waals surface area contributed by atoms with E-state index in [9.17, 15) is 0 Å². The van der Waals surface area contributed by atoms with Gasteiger partial charge in [0.05, 0.1) is 12.6 Å². The average molecular weight is 236 g/mol. The summed E-state index contributed by atoms with van der Waals surface area (Å²) >= 11 is 5.29. The van der Waals surface area contributed by atoms with Gasteiger partial charge in [0, 0.05) is 20.2 Å². The molecule has 1 fully saturated rings. The van der Waals surface area contributed by atoms with Crippen LogP contribution in [0.4, 0.5) is 0 Å². The highest BCUT2D eigenvalue weighted by molar-refractivity contribution is 7.80. The standard InChI is InChI=1S/C12H16N2OS/c1-15-8-7-14-9-11(13-12(14)16)10-5-3-2-4-6-10/h2-6,11H,7-9H2,1H3,(H,13,16). The van der Waals surface area contributed by atoms with Crippen LogP contribution >= 0.6 is 12.2 Å². The van der Waals surface area contributed by atoms with Crippen molar-refractivity contribution >= 4 is 17.3 Å². The highest BCUT2D eigenvalue weighted by Gasteiger charge is 2.25. The molecule has 1 aliphatic heterocycles. The molecule has 0 aromatic heterocycles. The first-order valence-corrected chi connectivity index (χ1v) is 5.81. The minimum absolute atomic E-state index is 0.311. The fourth-order valence-corrected chi connectivity index (χ4v) is 2.17. The molecule has 0 saturated carbocycles. The van der Waals surface area contributed by atoms with Crippen molar-refractivity contribution in [1.29, 1.82) is 0 Å². The predicted octanol–water partition coefficient (Wildman–Crippen LogP) is 1.56. The molecule has 1 aromatic rings. The van der Waals surface area contributed by atoms with Crippen molar-refractivity contribution in [1.82, 2.24) is 10.2 Å². The van der Waals surface area contributed by atoms with E-state index in [4.69, 9.17) is 17.0 Å². The van der Waals surface area contributed by atoms with Crippen molar-refractivity contribution in [3.8, 4) is 0 Å². The van der Waals surface area contributed by atoms with E-state index in [2.05, 4.69) is 34.5 Å². The Balaban J connectivity index is 1.98. The van der Waals surface area contributed by atoms with E-state index in [1.54, 1.807) is 7.11 Å². The molecule has 1 N–H and O–H groups in total. The summed E-state index contributed by atoms with van der Waals surface area (Å²) < 4.78 is 5.06. The second-order valence-corrected chi connectivity index (χ2v) is 4.24. The van der Waals surface area contributed by atoms with Gasteiger partial charge < -0.3 is 15.0 Å². The number of rotatable bonds is 4. The van der Waals surface area contributed by atoms with Crippen molar-refractivity contribution in [3.05, 3.63) is 35.9 Å². The van der Waals surface area contributed by atoms with E-state index in [0.717, 1.165) is 18.2 Å². The molecule has 1 aliphatic rings. The van der Waals surface area contributed by atoms with Crippen LogP contribution in [-0.4, -0.2) is 36.8 Å². The van der Waals surface area contributed by atoms with E-state index in [1.807, 2.05) is 6.07 Å². The molecule has 1 aromatic carbocycles. The lowest BCUT2D eigenvalue weighted by atomic mass is 10.1. The van der Waals surface area contributed by atoms with Crippen LogP contribution in [0.2, 0.25) is 0 Å². The SMILES string of the molecule is COCCN1CC(c2ccccc2)NC1=S. The number of hydrogen-bond acceptors (Lipinski definition) is 2. The summed E-state index contributed by atoms with van der Waals surface area (Å²) in [6.45, 7) is 2.49. The Labute approximate surface area is 101 Å². The Hall–Kier alpha value is -1.13. The largest absolute Gasteiger partial charge is 0.383 e. The number of nitrogens with one attached hydrogen (secondary N) is 1.